The van der Waals surface area contributed by atoms with Crippen LogP contribution >= 0.6 is 0 Å². The number of piperazine rings is 1. The number of aromatic nitrogens is 2. The Morgan fingerprint density at radius 1 is 1.26 bits per heavy atom. The lowest BCUT2D eigenvalue weighted by Crippen LogP contribution is -2.47. The first kappa shape index (κ1) is 20.3. The number of anilines is 1. The van der Waals surface area contributed by atoms with Crippen LogP contribution in [0.15, 0.2) is 35.1 Å². The van der Waals surface area contributed by atoms with E-state index in [9.17, 15) is 19.6 Å². The van der Waals surface area contributed by atoms with E-state index >= 15 is 0 Å². The van der Waals surface area contributed by atoms with Crippen molar-refractivity contribution < 1.29 is 9.50 Å². The number of benzene rings is 1. The van der Waals surface area contributed by atoms with Crippen LogP contribution in [0.5, 0.6) is 5.75 Å². The van der Waals surface area contributed by atoms with E-state index in [4.69, 9.17) is 6.57 Å². The van der Waals surface area contributed by atoms with Crippen LogP contribution in [0.4, 0.5) is 15.9 Å². The highest BCUT2D eigenvalue weighted by atomic mass is 19.1. The number of hydrogen-bond donors (Lipinski definition) is 1. The second-order valence-electron chi connectivity index (χ2n) is 7.40. The lowest BCUT2D eigenvalue weighted by Gasteiger charge is -2.36. The highest BCUT2D eigenvalue weighted by Gasteiger charge is 2.27. The highest BCUT2D eigenvalue weighted by Crippen LogP contribution is 2.30. The summed E-state index contributed by atoms with van der Waals surface area (Å²) in [6, 6.07) is 9.60. The number of pyridine rings is 2. The molecule has 0 radical (unpaired) electrons. The Kier molecular flexibility index (Phi) is 5.28. The molecule has 0 aliphatic carbocycles. The quantitative estimate of drug-likeness (QED) is 0.658. The first-order chi connectivity index (χ1) is 14.9. The molecule has 1 aliphatic rings. The predicted molar refractivity (Wildman–Crippen MR) is 114 cm³/mol. The van der Waals surface area contributed by atoms with Gasteiger partial charge in [-0.05, 0) is 29.8 Å². The molecule has 1 fully saturated rings. The molecule has 8 nitrogen and oxygen atoms in total. The van der Waals surface area contributed by atoms with Gasteiger partial charge in [0.05, 0.1) is 5.52 Å². The normalized spacial score (nSPS) is 14.4. The molecule has 0 atom stereocenters. The number of halogens is 1. The molecule has 31 heavy (non-hydrogen) atoms. The van der Waals surface area contributed by atoms with Gasteiger partial charge in [-0.25, -0.2) is 4.39 Å². The van der Waals surface area contributed by atoms with Gasteiger partial charge in [0, 0.05) is 39.8 Å². The molecular formula is C22H19FN6O2. The summed E-state index contributed by atoms with van der Waals surface area (Å²) in [5.74, 6) is -0.825. The predicted octanol–water partition coefficient (Wildman–Crippen LogP) is 2.52. The van der Waals surface area contributed by atoms with E-state index in [-0.39, 0.29) is 17.1 Å². The lowest BCUT2D eigenvalue weighted by molar-refractivity contribution is 0.249. The number of nitrogens with zero attached hydrogens (tertiary/aromatic N) is 6. The zero-order chi connectivity index (χ0) is 22.1. The molecule has 0 spiro atoms. The second kappa shape index (κ2) is 8.05. The van der Waals surface area contributed by atoms with Crippen LogP contribution in [-0.2, 0) is 13.6 Å². The van der Waals surface area contributed by atoms with Gasteiger partial charge in [-0.2, -0.15) is 5.26 Å². The third-order valence-corrected chi connectivity index (χ3v) is 5.53. The standard InChI is InChI=1S/C22H19FN6O2/c1-25-19-6-4-17-20(26-19)21(15(12-24)22(31)27(17)2)29-9-7-28(8-10-29)13-14-3-5-18(30)16(23)11-14/h3-6,11,30H,7-10,13H2,2H3. The van der Waals surface area contributed by atoms with Crippen LogP contribution < -0.4 is 10.5 Å². The van der Waals surface area contributed by atoms with Crippen molar-refractivity contribution >= 4 is 22.5 Å². The number of hydrogen-bond acceptors (Lipinski definition) is 6. The molecule has 4 rings (SSSR count). The van der Waals surface area contributed by atoms with Crippen LogP contribution in [-0.4, -0.2) is 45.7 Å². The van der Waals surface area contributed by atoms with Gasteiger partial charge in [-0.3, -0.25) is 9.69 Å². The fourth-order valence-corrected chi connectivity index (χ4v) is 3.89. The Hall–Kier alpha value is -3.95. The van der Waals surface area contributed by atoms with E-state index in [0.29, 0.717) is 49.4 Å². The number of nitriles is 1. The fraction of sp³-hybridized carbons (Fsp3) is 0.273. The third-order valence-electron chi connectivity index (χ3n) is 5.53. The maximum Gasteiger partial charge on any atom is 0.271 e. The Balaban J connectivity index is 1.65. The maximum absolute atomic E-state index is 13.6. The monoisotopic (exact) mass is 418 g/mol. The summed E-state index contributed by atoms with van der Waals surface area (Å²) in [6.07, 6.45) is 0. The Morgan fingerprint density at radius 3 is 2.65 bits per heavy atom. The molecule has 9 heteroatoms. The van der Waals surface area contributed by atoms with E-state index in [1.54, 1.807) is 25.2 Å². The van der Waals surface area contributed by atoms with Crippen molar-refractivity contribution in [2.75, 3.05) is 31.1 Å². The Labute approximate surface area is 177 Å². The molecule has 1 N–H and O–H groups in total. The summed E-state index contributed by atoms with van der Waals surface area (Å²) in [6.45, 7) is 10.1. The third kappa shape index (κ3) is 3.67. The van der Waals surface area contributed by atoms with E-state index in [2.05, 4.69) is 14.7 Å². The van der Waals surface area contributed by atoms with Crippen LogP contribution in [0.1, 0.15) is 11.1 Å². The lowest BCUT2D eigenvalue weighted by atomic mass is 10.1. The number of aromatic hydroxyl groups is 1. The van der Waals surface area contributed by atoms with Gasteiger partial charge in [-0.15, -0.1) is 4.98 Å². The minimum atomic E-state index is -0.650. The largest absolute Gasteiger partial charge is 0.505 e. The van der Waals surface area contributed by atoms with Crippen molar-refractivity contribution in [1.29, 1.82) is 5.26 Å². The van der Waals surface area contributed by atoms with Crippen molar-refractivity contribution in [2.45, 2.75) is 6.54 Å². The Bertz CT molecular complexity index is 1310. The van der Waals surface area contributed by atoms with Gasteiger partial charge in [0.15, 0.2) is 11.6 Å². The molecule has 0 bridgehead atoms. The topological polar surface area (TPSA) is 89.8 Å². The summed E-state index contributed by atoms with van der Waals surface area (Å²) in [5, 5.41) is 19.0. The number of fused-ring (bicyclic) bond motifs is 1. The minimum Gasteiger partial charge on any atom is -0.505 e. The fourth-order valence-electron chi connectivity index (χ4n) is 3.89. The molecule has 0 saturated carbocycles. The van der Waals surface area contributed by atoms with E-state index in [1.807, 2.05) is 11.0 Å². The average molecular weight is 418 g/mol. The first-order valence-electron chi connectivity index (χ1n) is 9.69. The zero-order valence-corrected chi connectivity index (χ0v) is 16.8. The summed E-state index contributed by atoms with van der Waals surface area (Å²) in [4.78, 5) is 24.6. The SMILES string of the molecule is [C-]#[N+]c1ccc2c(n1)c(N1CCN(Cc3ccc(O)c(F)c3)CC1)c(C#N)c(=O)n2C. The van der Waals surface area contributed by atoms with Crippen molar-refractivity contribution in [3.63, 3.8) is 0 Å². The van der Waals surface area contributed by atoms with E-state index in [1.165, 1.54) is 16.7 Å². The molecule has 0 amide bonds. The molecule has 3 aromatic rings. The Morgan fingerprint density at radius 2 is 2.00 bits per heavy atom. The van der Waals surface area contributed by atoms with Crippen molar-refractivity contribution in [3.8, 4) is 11.8 Å². The van der Waals surface area contributed by atoms with Gasteiger partial charge in [-0.1, -0.05) is 12.6 Å². The molecule has 156 valence electrons. The van der Waals surface area contributed by atoms with E-state index < -0.39 is 11.4 Å². The molecule has 1 aromatic carbocycles. The van der Waals surface area contributed by atoms with Crippen molar-refractivity contribution in [1.82, 2.24) is 14.5 Å². The second-order valence-corrected chi connectivity index (χ2v) is 7.40. The summed E-state index contributed by atoms with van der Waals surface area (Å²) >= 11 is 0. The van der Waals surface area contributed by atoms with Crippen molar-refractivity contribution in [3.05, 3.63) is 69.0 Å². The van der Waals surface area contributed by atoms with Crippen LogP contribution in [0.25, 0.3) is 15.9 Å². The highest BCUT2D eigenvalue weighted by molar-refractivity contribution is 5.92. The van der Waals surface area contributed by atoms with Crippen LogP contribution in [0, 0.1) is 23.7 Å². The molecule has 3 heterocycles. The van der Waals surface area contributed by atoms with E-state index in [0.717, 1.165) is 5.56 Å². The number of phenols is 1. The van der Waals surface area contributed by atoms with Gasteiger partial charge in [0.2, 0.25) is 5.52 Å². The molecule has 1 saturated heterocycles. The van der Waals surface area contributed by atoms with Crippen LogP contribution in [0.3, 0.4) is 0 Å². The summed E-state index contributed by atoms with van der Waals surface area (Å²) < 4.78 is 15.0. The zero-order valence-electron chi connectivity index (χ0n) is 16.8. The van der Waals surface area contributed by atoms with Gasteiger partial charge in [0.1, 0.15) is 17.3 Å². The molecule has 1 aliphatic heterocycles. The first-order valence-corrected chi connectivity index (χ1v) is 9.69. The number of rotatable bonds is 3. The maximum atomic E-state index is 13.6. The van der Waals surface area contributed by atoms with Gasteiger partial charge < -0.3 is 19.4 Å². The number of phenolic OH excluding ortho intramolecular Hbond substituents is 1. The minimum absolute atomic E-state index is 0.0127. The molecule has 2 aromatic heterocycles. The smallest absolute Gasteiger partial charge is 0.271 e. The van der Waals surface area contributed by atoms with Gasteiger partial charge >= 0.3 is 0 Å². The molecule has 0 unspecified atom stereocenters. The van der Waals surface area contributed by atoms with Crippen molar-refractivity contribution in [2.24, 2.45) is 7.05 Å². The average Bonchev–Trinajstić information content (AvgIpc) is 2.79. The van der Waals surface area contributed by atoms with Gasteiger partial charge in [0.25, 0.3) is 11.4 Å². The molecular weight excluding hydrogens is 399 g/mol. The summed E-state index contributed by atoms with van der Waals surface area (Å²) in [7, 11) is 1.59. The number of aryl methyl sites for hydroxylation is 1. The summed E-state index contributed by atoms with van der Waals surface area (Å²) in [5.41, 5.74) is 1.85. The van der Waals surface area contributed by atoms with Crippen LogP contribution in [0.2, 0.25) is 0 Å².